The minimum Gasteiger partial charge on any atom is -0.383 e. The number of carbonyl (C=O) groups is 2. The number of nitrogens with one attached hydrogen (secondary N) is 1. The van der Waals surface area contributed by atoms with E-state index in [0.717, 1.165) is 23.1 Å². The van der Waals surface area contributed by atoms with E-state index in [-0.39, 0.29) is 42.7 Å². The zero-order valence-corrected chi connectivity index (χ0v) is 18.8. The van der Waals surface area contributed by atoms with Crippen LogP contribution in [-0.4, -0.2) is 31.7 Å². The van der Waals surface area contributed by atoms with Gasteiger partial charge in [0.1, 0.15) is 5.82 Å². The van der Waals surface area contributed by atoms with E-state index in [4.69, 9.17) is 10.5 Å². The van der Waals surface area contributed by atoms with Gasteiger partial charge in [-0.25, -0.2) is 9.97 Å². The number of alkyl halides is 3. The quantitative estimate of drug-likeness (QED) is 0.310. The van der Waals surface area contributed by atoms with Gasteiger partial charge in [0, 0.05) is 17.3 Å². The Bertz CT molecular complexity index is 1300. The molecule has 0 radical (unpaired) electrons. The highest BCUT2D eigenvalue weighted by molar-refractivity contribution is 6.39. The molecule has 0 fully saturated rings. The molecular weight excluding hydrogens is 484 g/mol. The molecule has 0 aliphatic carbocycles. The Morgan fingerprint density at radius 1 is 1.14 bits per heavy atom. The van der Waals surface area contributed by atoms with Gasteiger partial charge >= 0.3 is 18.0 Å². The summed E-state index contributed by atoms with van der Waals surface area (Å²) in [6.45, 7) is 1.53. The molecule has 1 unspecified atom stereocenters. The minimum atomic E-state index is -4.59. The predicted molar refractivity (Wildman–Crippen MR) is 118 cm³/mol. The molecule has 4 rings (SSSR count). The van der Waals surface area contributed by atoms with Crippen LogP contribution in [-0.2, 0) is 40.3 Å². The Kier molecular flexibility index (Phi) is 6.84. The minimum absolute atomic E-state index is 0.0795. The number of ether oxygens (including phenoxy) is 1. The molecule has 3 aromatic heterocycles. The smallest absolute Gasteiger partial charge is 0.383 e. The molecule has 4 heterocycles. The molecule has 2 amide bonds. The van der Waals surface area contributed by atoms with Crippen LogP contribution in [0.2, 0.25) is 0 Å². The molecule has 1 aliphatic heterocycles. The molecule has 0 spiro atoms. The second kappa shape index (κ2) is 9.85. The van der Waals surface area contributed by atoms with Crippen molar-refractivity contribution in [3.8, 4) is 0 Å². The van der Waals surface area contributed by atoms with Crippen LogP contribution in [0, 0.1) is 5.95 Å². The molecule has 1 aliphatic rings. The number of fused-ring (bicyclic) bond motifs is 1. The maximum Gasteiger partial charge on any atom is 0.417 e. The molecule has 0 bridgehead atoms. The molecule has 3 aromatic rings. The van der Waals surface area contributed by atoms with Gasteiger partial charge in [-0.1, -0.05) is 6.07 Å². The number of carbonyl (C=O) groups excluding carboxylic acids is 2. The second-order valence-corrected chi connectivity index (χ2v) is 7.99. The van der Waals surface area contributed by atoms with Crippen LogP contribution in [0.4, 0.5) is 29.1 Å². The fraction of sp³-hybridized carbons (Fsp3) is 0.261. The number of halogens is 4. The summed E-state index contributed by atoms with van der Waals surface area (Å²) >= 11 is 0. The van der Waals surface area contributed by atoms with E-state index in [1.165, 1.54) is 25.3 Å². The van der Waals surface area contributed by atoms with Gasteiger partial charge in [0.25, 0.3) is 0 Å². The number of rotatable bonds is 5. The normalized spacial score (nSPS) is 13.7. The molecule has 13 heteroatoms. The summed E-state index contributed by atoms with van der Waals surface area (Å²) in [4.78, 5) is 38.8. The first-order valence-electron chi connectivity index (χ1n) is 10.6. The van der Waals surface area contributed by atoms with Crippen molar-refractivity contribution < 1.29 is 31.9 Å². The van der Waals surface area contributed by atoms with E-state index in [1.54, 1.807) is 0 Å². The van der Waals surface area contributed by atoms with Crippen molar-refractivity contribution in [1.29, 1.82) is 0 Å². The number of hydrogen-bond acceptors (Lipinski definition) is 7. The number of nitrogens with two attached hydrogens (primary N) is 1. The maximum atomic E-state index is 13.7. The molecule has 9 nitrogen and oxygen atoms in total. The van der Waals surface area contributed by atoms with E-state index in [9.17, 15) is 27.2 Å². The van der Waals surface area contributed by atoms with Crippen LogP contribution in [0.5, 0.6) is 0 Å². The Labute approximate surface area is 202 Å². The van der Waals surface area contributed by atoms with Gasteiger partial charge in [-0.05, 0) is 31.2 Å². The van der Waals surface area contributed by atoms with E-state index < -0.39 is 35.5 Å². The van der Waals surface area contributed by atoms with Crippen LogP contribution in [0.25, 0.3) is 0 Å². The lowest BCUT2D eigenvalue weighted by Gasteiger charge is -2.28. The predicted octanol–water partition coefficient (Wildman–Crippen LogP) is 3.37. The van der Waals surface area contributed by atoms with Crippen molar-refractivity contribution >= 4 is 23.3 Å². The number of nitrogens with zero attached hydrogens (tertiary/aromatic N) is 4. The molecule has 0 aromatic carbocycles. The van der Waals surface area contributed by atoms with Crippen LogP contribution >= 0.6 is 0 Å². The maximum absolute atomic E-state index is 13.7. The zero-order chi connectivity index (χ0) is 26.0. The van der Waals surface area contributed by atoms with Crippen molar-refractivity contribution in [3.63, 3.8) is 0 Å². The number of aromatic nitrogens is 3. The first-order chi connectivity index (χ1) is 17.0. The Hall–Kier alpha value is -4.13. The fourth-order valence-corrected chi connectivity index (χ4v) is 3.66. The van der Waals surface area contributed by atoms with Crippen LogP contribution in [0.15, 0.2) is 42.7 Å². The summed E-state index contributed by atoms with van der Waals surface area (Å²) in [6, 6.07) is 4.95. The molecule has 3 N–H and O–H groups in total. The summed E-state index contributed by atoms with van der Waals surface area (Å²) < 4.78 is 57.8. The van der Waals surface area contributed by atoms with Crippen molar-refractivity contribution in [2.75, 3.05) is 11.1 Å². The van der Waals surface area contributed by atoms with Crippen LogP contribution in [0.3, 0.4) is 0 Å². The molecule has 1 atom stereocenters. The van der Waals surface area contributed by atoms with E-state index in [1.807, 2.05) is 0 Å². The van der Waals surface area contributed by atoms with E-state index in [2.05, 4.69) is 20.3 Å². The van der Waals surface area contributed by atoms with E-state index >= 15 is 0 Å². The first-order valence-corrected chi connectivity index (χ1v) is 10.6. The summed E-state index contributed by atoms with van der Waals surface area (Å²) in [5.74, 6) is -2.65. The van der Waals surface area contributed by atoms with Gasteiger partial charge in [-0.2, -0.15) is 17.6 Å². The molecule has 36 heavy (non-hydrogen) atoms. The lowest BCUT2D eigenvalue weighted by atomic mass is 10.1. The van der Waals surface area contributed by atoms with Gasteiger partial charge in [-0.3, -0.25) is 14.6 Å². The highest BCUT2D eigenvalue weighted by atomic mass is 19.4. The van der Waals surface area contributed by atoms with Gasteiger partial charge in [0.2, 0.25) is 5.95 Å². The SMILES string of the molecule is CC(c1cccc(F)n1)N(Cc1ccc(C(F)(F)F)cn1)C(=O)C(=O)Nc1cnc(N)c2c1COC2. The summed E-state index contributed by atoms with van der Waals surface area (Å²) in [5.41, 5.74) is 6.49. The number of amides is 2. The number of pyridine rings is 3. The number of anilines is 2. The third kappa shape index (κ3) is 5.25. The standard InChI is InChI=1S/C23H20F4N6O3/c1-12(17-3-2-4-19(24)31-17)33(9-14-6-5-13(7-29-14)23(25,26)27)22(35)21(34)32-18-8-30-20(28)16-11-36-10-15(16)18/h2-8,12H,9-11H2,1H3,(H2,28,30)(H,32,34). The molecule has 188 valence electrons. The van der Waals surface area contributed by atoms with Crippen molar-refractivity contribution in [2.45, 2.75) is 38.9 Å². The third-order valence-corrected chi connectivity index (χ3v) is 5.64. The lowest BCUT2D eigenvalue weighted by molar-refractivity contribution is -0.145. The van der Waals surface area contributed by atoms with Crippen molar-refractivity contribution in [2.24, 2.45) is 0 Å². The second-order valence-electron chi connectivity index (χ2n) is 7.99. The first kappa shape index (κ1) is 25.0. The average Bonchev–Trinajstić information content (AvgIpc) is 3.34. The molecule has 0 saturated carbocycles. The number of nitrogen functional groups attached to an aromatic ring is 1. The number of hydrogen-bond donors (Lipinski definition) is 2. The third-order valence-electron chi connectivity index (χ3n) is 5.64. The topological polar surface area (TPSA) is 123 Å². The van der Waals surface area contributed by atoms with Gasteiger partial charge < -0.3 is 20.7 Å². The van der Waals surface area contributed by atoms with Gasteiger partial charge in [-0.15, -0.1) is 0 Å². The monoisotopic (exact) mass is 504 g/mol. The highest BCUT2D eigenvalue weighted by Crippen LogP contribution is 2.31. The summed E-state index contributed by atoms with van der Waals surface area (Å²) in [5, 5.41) is 2.49. The zero-order valence-electron chi connectivity index (χ0n) is 18.8. The van der Waals surface area contributed by atoms with Crippen LogP contribution < -0.4 is 11.1 Å². The van der Waals surface area contributed by atoms with E-state index in [0.29, 0.717) is 17.3 Å². The van der Waals surface area contributed by atoms with Crippen molar-refractivity contribution in [1.82, 2.24) is 19.9 Å². The average molecular weight is 504 g/mol. The summed E-state index contributed by atoms with van der Waals surface area (Å²) in [7, 11) is 0. The molecular formula is C23H20F4N6O3. The van der Waals surface area contributed by atoms with Gasteiger partial charge in [0.15, 0.2) is 0 Å². The highest BCUT2D eigenvalue weighted by Gasteiger charge is 2.32. The van der Waals surface area contributed by atoms with Gasteiger partial charge in [0.05, 0.1) is 54.6 Å². The Morgan fingerprint density at radius 3 is 2.56 bits per heavy atom. The fourth-order valence-electron chi connectivity index (χ4n) is 3.66. The van der Waals surface area contributed by atoms with Crippen molar-refractivity contribution in [3.05, 3.63) is 76.8 Å². The lowest BCUT2D eigenvalue weighted by Crippen LogP contribution is -2.41. The van der Waals surface area contributed by atoms with Crippen LogP contribution in [0.1, 0.15) is 41.0 Å². The Balaban J connectivity index is 1.62. The largest absolute Gasteiger partial charge is 0.417 e. The Morgan fingerprint density at radius 2 is 1.89 bits per heavy atom. The molecule has 0 saturated heterocycles. The summed E-state index contributed by atoms with van der Waals surface area (Å²) in [6.07, 6.45) is -2.66.